The first-order valence-electron chi connectivity index (χ1n) is 7.73. The zero-order valence-corrected chi connectivity index (χ0v) is 13.7. The van der Waals surface area contributed by atoms with E-state index in [1.165, 1.54) is 6.42 Å². The summed E-state index contributed by atoms with van der Waals surface area (Å²) >= 11 is 0. The Labute approximate surface area is 129 Å². The molecule has 2 saturated heterocycles. The Balaban J connectivity index is 0.00000200. The fraction of sp³-hybridized carbons (Fsp3) is 0.933. The number of hydrogen-bond acceptors (Lipinski definition) is 3. The van der Waals surface area contributed by atoms with E-state index in [0.29, 0.717) is 6.61 Å². The molecule has 0 aliphatic carbocycles. The molecule has 1 amide bonds. The number of rotatable bonds is 2. The second-order valence-corrected chi connectivity index (χ2v) is 6.27. The minimum atomic E-state index is -0.149. The Hall–Kier alpha value is -0.320. The predicted octanol–water partition coefficient (Wildman–Crippen LogP) is 2.07. The molecule has 0 aromatic carbocycles. The highest BCUT2D eigenvalue weighted by molar-refractivity contribution is 5.85. The van der Waals surface area contributed by atoms with Crippen LogP contribution in [0.3, 0.4) is 0 Å². The lowest BCUT2D eigenvalue weighted by atomic mass is 9.89. The van der Waals surface area contributed by atoms with Crippen LogP contribution in [0.15, 0.2) is 0 Å². The Bertz CT molecular complexity index is 312. The average Bonchev–Trinajstić information content (AvgIpc) is 2.64. The van der Waals surface area contributed by atoms with Crippen molar-refractivity contribution in [2.75, 3.05) is 26.2 Å². The minimum absolute atomic E-state index is 0. The maximum atomic E-state index is 12.6. The van der Waals surface area contributed by atoms with Crippen LogP contribution in [0.4, 0.5) is 0 Å². The quantitative estimate of drug-likeness (QED) is 0.849. The van der Waals surface area contributed by atoms with E-state index < -0.39 is 0 Å². The Morgan fingerprint density at radius 1 is 1.30 bits per heavy atom. The normalized spacial score (nSPS) is 31.6. The molecule has 0 aromatic rings. The number of halogens is 1. The Morgan fingerprint density at radius 2 is 2.05 bits per heavy atom. The number of ether oxygens (including phenoxy) is 1. The van der Waals surface area contributed by atoms with Crippen LogP contribution in [-0.4, -0.2) is 49.2 Å². The third-order valence-electron chi connectivity index (χ3n) is 4.61. The Kier molecular flexibility index (Phi) is 7.27. The summed E-state index contributed by atoms with van der Waals surface area (Å²) in [6, 6.07) is -0.149. The fourth-order valence-electron chi connectivity index (χ4n) is 3.22. The van der Waals surface area contributed by atoms with Gasteiger partial charge in [0.1, 0.15) is 6.04 Å². The summed E-state index contributed by atoms with van der Waals surface area (Å²) in [6.07, 6.45) is 3.53. The van der Waals surface area contributed by atoms with Crippen molar-refractivity contribution >= 4 is 18.3 Å². The van der Waals surface area contributed by atoms with Crippen LogP contribution >= 0.6 is 12.4 Å². The highest BCUT2D eigenvalue weighted by atomic mass is 35.5. The van der Waals surface area contributed by atoms with Crippen LogP contribution in [0.5, 0.6) is 0 Å². The van der Waals surface area contributed by atoms with E-state index in [-0.39, 0.29) is 30.5 Å². The van der Waals surface area contributed by atoms with Crippen molar-refractivity contribution < 1.29 is 9.53 Å². The minimum Gasteiger partial charge on any atom is -0.375 e. The topological polar surface area (TPSA) is 41.6 Å². The highest BCUT2D eigenvalue weighted by Gasteiger charge is 2.32. The lowest BCUT2D eigenvalue weighted by molar-refractivity contribution is -0.139. The summed E-state index contributed by atoms with van der Waals surface area (Å²) < 4.78 is 5.58. The smallest absolute Gasteiger partial charge is 0.242 e. The SMILES string of the molecule is CC(C)C1CCCN(C(=O)[C@H]2NCCO[C@@H]2C)CC1.Cl. The standard InChI is InChI=1S/C15H28N2O2.ClH/c1-11(2)13-5-4-8-17(9-6-13)15(18)14-12(3)19-10-7-16-14;/h11-14,16H,4-10H2,1-3H3;1H/t12-,13?,14+;/m1./s1. The van der Waals surface area contributed by atoms with Gasteiger partial charge in [-0.25, -0.2) is 0 Å². The number of amides is 1. The number of hydrogen-bond donors (Lipinski definition) is 1. The van der Waals surface area contributed by atoms with Gasteiger partial charge in [-0.15, -0.1) is 12.4 Å². The van der Waals surface area contributed by atoms with E-state index in [4.69, 9.17) is 4.74 Å². The van der Waals surface area contributed by atoms with Gasteiger partial charge in [0, 0.05) is 19.6 Å². The molecule has 2 fully saturated rings. The summed E-state index contributed by atoms with van der Waals surface area (Å²) in [5.41, 5.74) is 0. The van der Waals surface area contributed by atoms with Crippen LogP contribution in [0.2, 0.25) is 0 Å². The van der Waals surface area contributed by atoms with E-state index in [9.17, 15) is 4.79 Å². The lowest BCUT2D eigenvalue weighted by Crippen LogP contribution is -2.56. The highest BCUT2D eigenvalue weighted by Crippen LogP contribution is 2.25. The molecule has 0 saturated carbocycles. The molecule has 2 rings (SSSR count). The molecule has 0 spiro atoms. The van der Waals surface area contributed by atoms with Crippen molar-refractivity contribution in [2.45, 2.75) is 52.2 Å². The van der Waals surface area contributed by atoms with Crippen molar-refractivity contribution in [1.82, 2.24) is 10.2 Å². The van der Waals surface area contributed by atoms with Gasteiger partial charge in [-0.1, -0.05) is 13.8 Å². The van der Waals surface area contributed by atoms with Crippen LogP contribution in [-0.2, 0) is 9.53 Å². The summed E-state index contributed by atoms with van der Waals surface area (Å²) in [6.45, 7) is 9.88. The molecule has 2 heterocycles. The van der Waals surface area contributed by atoms with Crippen molar-refractivity contribution in [1.29, 1.82) is 0 Å². The molecule has 2 aliphatic rings. The van der Waals surface area contributed by atoms with Gasteiger partial charge in [0.05, 0.1) is 12.7 Å². The molecule has 0 bridgehead atoms. The summed E-state index contributed by atoms with van der Waals surface area (Å²) in [7, 11) is 0. The second-order valence-electron chi connectivity index (χ2n) is 6.27. The van der Waals surface area contributed by atoms with E-state index in [2.05, 4.69) is 19.2 Å². The maximum absolute atomic E-state index is 12.6. The van der Waals surface area contributed by atoms with Gasteiger partial charge in [-0.05, 0) is 38.0 Å². The molecule has 1 N–H and O–H groups in total. The fourth-order valence-corrected chi connectivity index (χ4v) is 3.22. The van der Waals surface area contributed by atoms with E-state index in [0.717, 1.165) is 44.3 Å². The van der Waals surface area contributed by atoms with Gasteiger partial charge in [0.15, 0.2) is 0 Å². The number of morpholine rings is 1. The summed E-state index contributed by atoms with van der Waals surface area (Å²) in [5, 5.41) is 3.30. The van der Waals surface area contributed by atoms with Crippen LogP contribution in [0, 0.1) is 11.8 Å². The number of carbonyl (C=O) groups is 1. The Morgan fingerprint density at radius 3 is 2.70 bits per heavy atom. The van der Waals surface area contributed by atoms with Crippen molar-refractivity contribution in [3.63, 3.8) is 0 Å². The molecule has 2 aliphatic heterocycles. The van der Waals surface area contributed by atoms with Crippen molar-refractivity contribution in [2.24, 2.45) is 11.8 Å². The molecular weight excluding hydrogens is 276 g/mol. The molecule has 20 heavy (non-hydrogen) atoms. The summed E-state index contributed by atoms with van der Waals surface area (Å²) in [4.78, 5) is 14.6. The first kappa shape index (κ1) is 17.7. The van der Waals surface area contributed by atoms with Crippen LogP contribution < -0.4 is 5.32 Å². The molecule has 0 radical (unpaired) electrons. The monoisotopic (exact) mass is 304 g/mol. The predicted molar refractivity (Wildman–Crippen MR) is 83.2 cm³/mol. The van der Waals surface area contributed by atoms with Crippen LogP contribution in [0.25, 0.3) is 0 Å². The average molecular weight is 305 g/mol. The van der Waals surface area contributed by atoms with E-state index in [1.807, 2.05) is 11.8 Å². The third kappa shape index (κ3) is 4.34. The van der Waals surface area contributed by atoms with E-state index >= 15 is 0 Å². The lowest BCUT2D eigenvalue weighted by Gasteiger charge is -2.33. The maximum Gasteiger partial charge on any atom is 0.242 e. The van der Waals surface area contributed by atoms with Crippen molar-refractivity contribution in [3.8, 4) is 0 Å². The molecule has 1 unspecified atom stereocenters. The van der Waals surface area contributed by atoms with Gasteiger partial charge < -0.3 is 15.0 Å². The van der Waals surface area contributed by atoms with Gasteiger partial charge in [0.2, 0.25) is 5.91 Å². The molecule has 118 valence electrons. The second kappa shape index (κ2) is 8.20. The molecular formula is C15H29ClN2O2. The zero-order chi connectivity index (χ0) is 13.8. The van der Waals surface area contributed by atoms with Gasteiger partial charge in [-0.2, -0.15) is 0 Å². The number of nitrogens with zero attached hydrogens (tertiary/aromatic N) is 1. The summed E-state index contributed by atoms with van der Waals surface area (Å²) in [5.74, 6) is 1.73. The molecule has 4 nitrogen and oxygen atoms in total. The van der Waals surface area contributed by atoms with Gasteiger partial charge in [0.25, 0.3) is 0 Å². The number of nitrogens with one attached hydrogen (secondary N) is 1. The third-order valence-corrected chi connectivity index (χ3v) is 4.61. The first-order chi connectivity index (χ1) is 9.09. The van der Waals surface area contributed by atoms with Gasteiger partial charge in [-0.3, -0.25) is 4.79 Å². The van der Waals surface area contributed by atoms with E-state index in [1.54, 1.807) is 0 Å². The molecule has 3 atom stereocenters. The zero-order valence-electron chi connectivity index (χ0n) is 12.9. The van der Waals surface area contributed by atoms with Crippen LogP contribution in [0.1, 0.15) is 40.0 Å². The van der Waals surface area contributed by atoms with Crippen molar-refractivity contribution in [3.05, 3.63) is 0 Å². The number of likely N-dealkylation sites (tertiary alicyclic amines) is 1. The largest absolute Gasteiger partial charge is 0.375 e. The first-order valence-corrected chi connectivity index (χ1v) is 7.73. The number of carbonyl (C=O) groups excluding carboxylic acids is 1. The molecule has 0 aromatic heterocycles. The van der Waals surface area contributed by atoms with Gasteiger partial charge >= 0.3 is 0 Å². The molecule has 5 heteroatoms.